The van der Waals surface area contributed by atoms with E-state index < -0.39 is 229 Å². The van der Waals surface area contributed by atoms with Gasteiger partial charge in [-0.3, -0.25) is 67.1 Å². The Labute approximate surface area is 569 Å². The Morgan fingerprint density at radius 3 is 1.53 bits per heavy atom. The molecular formula is C65H114N14O18. The van der Waals surface area contributed by atoms with Gasteiger partial charge >= 0.3 is 0 Å². The number of rotatable bonds is 22. The van der Waals surface area contributed by atoms with Crippen molar-refractivity contribution in [1.29, 1.82) is 0 Å². The molecule has 32 nitrogen and oxygen atoms in total. The number of unbranched alkanes of at least 4 members (excludes halogenated alkanes) is 4. The number of nitrogens with one attached hydrogen (secondary N) is 10. The van der Waals surface area contributed by atoms with Crippen molar-refractivity contribution in [3.8, 4) is 0 Å². The SMILES string of the molecule is CCCCCCC[C@@H]1CC(=O)N[C@@H](C(C)C)C(=O)N[C@H]([C@@H](O)C(C)C)C(=O)N[C@@H](C)C(=O)N[C@H]([C@@H](O)C(C)C)C(=O)N[C@@H](CCC(N)=O)C(=O)N(C)[C@@H]([C@@H](C)CC)C(=O)N[C@H](CC(N)=O)C(=O)N[C@@H]([C@@H](C)O)C(=O)N2CCC[C@H]2C(=O)N[C@H](CC(C)C)C(=O)N[C@@H]([C@@H](C)O)C(=O)N1. The average molecular weight is 1380 g/mol. The first-order chi connectivity index (χ1) is 45.2. The lowest BCUT2D eigenvalue weighted by Crippen LogP contribution is -2.64. The van der Waals surface area contributed by atoms with Gasteiger partial charge < -0.3 is 94.9 Å². The van der Waals surface area contributed by atoms with Gasteiger partial charge in [0.25, 0.3) is 0 Å². The minimum absolute atomic E-state index is 0.0207. The molecule has 32 heteroatoms. The number of fused-ring (bicyclic) bond motifs is 1. The first-order valence-corrected chi connectivity index (χ1v) is 34.1. The number of likely N-dealkylation sites (N-methyl/N-ethyl adjacent to an activating group) is 1. The number of carbonyl (C=O) groups is 14. The van der Waals surface area contributed by atoms with Gasteiger partial charge in [-0.1, -0.05) is 115 Å². The molecule has 0 aromatic heterocycles. The number of amides is 14. The van der Waals surface area contributed by atoms with Crippen LogP contribution in [0.3, 0.4) is 0 Å². The third kappa shape index (κ3) is 27.0. The summed E-state index contributed by atoms with van der Waals surface area (Å²) in [7, 11) is 1.17. The van der Waals surface area contributed by atoms with E-state index in [1.165, 1.54) is 34.7 Å². The van der Waals surface area contributed by atoms with E-state index >= 15 is 0 Å². The van der Waals surface area contributed by atoms with Crippen molar-refractivity contribution < 1.29 is 87.5 Å². The molecular weight excluding hydrogens is 1260 g/mol. The molecule has 2 rings (SSSR count). The first-order valence-electron chi connectivity index (χ1n) is 34.1. The van der Waals surface area contributed by atoms with Crippen LogP contribution in [0, 0.1) is 29.6 Å². The lowest BCUT2D eigenvalue weighted by Gasteiger charge is -2.36. The van der Waals surface area contributed by atoms with Crippen molar-refractivity contribution in [2.45, 2.75) is 284 Å². The fourth-order valence-corrected chi connectivity index (χ4v) is 11.4. The van der Waals surface area contributed by atoms with Crippen LogP contribution in [0.15, 0.2) is 0 Å². The summed E-state index contributed by atoms with van der Waals surface area (Å²) in [4.78, 5) is 199. The zero-order valence-corrected chi connectivity index (χ0v) is 59.3. The maximum Gasteiger partial charge on any atom is 0.248 e. The maximum atomic E-state index is 14.7. The van der Waals surface area contributed by atoms with E-state index in [2.05, 4.69) is 53.2 Å². The van der Waals surface area contributed by atoms with E-state index in [0.29, 0.717) is 12.8 Å². The summed E-state index contributed by atoms with van der Waals surface area (Å²) < 4.78 is 0. The molecule has 0 saturated carbocycles. The van der Waals surface area contributed by atoms with E-state index in [0.717, 1.165) is 36.0 Å². The van der Waals surface area contributed by atoms with Gasteiger partial charge in [0.2, 0.25) is 82.7 Å². The molecule has 0 unspecified atom stereocenters. The predicted molar refractivity (Wildman–Crippen MR) is 355 cm³/mol. The Hall–Kier alpha value is -7.58. The number of carbonyl (C=O) groups excluding carboxylic acids is 14. The molecule has 2 aliphatic heterocycles. The van der Waals surface area contributed by atoms with Crippen molar-refractivity contribution in [3.63, 3.8) is 0 Å². The smallest absolute Gasteiger partial charge is 0.248 e. The van der Waals surface area contributed by atoms with Gasteiger partial charge in [0.1, 0.15) is 66.5 Å². The highest BCUT2D eigenvalue weighted by Gasteiger charge is 2.45. The zero-order chi connectivity index (χ0) is 74.0. The number of aliphatic hydroxyl groups is 4. The minimum Gasteiger partial charge on any atom is -0.391 e. The number of hydrogen-bond donors (Lipinski definition) is 16. The fraction of sp³-hybridized carbons (Fsp3) is 0.785. The molecule has 0 aromatic carbocycles. The Morgan fingerprint density at radius 2 is 1.01 bits per heavy atom. The average Bonchev–Trinajstić information content (AvgIpc) is 1.81. The monoisotopic (exact) mass is 1380 g/mol. The second-order valence-corrected chi connectivity index (χ2v) is 27.5. The highest BCUT2D eigenvalue weighted by molar-refractivity contribution is 6.01. The molecule has 17 atom stereocenters. The molecule has 0 bridgehead atoms. The summed E-state index contributed by atoms with van der Waals surface area (Å²) in [5, 5.41) is 70.4. The quantitative estimate of drug-likeness (QED) is 0.0484. The number of primary amides is 2. The molecule has 0 aliphatic carbocycles. The van der Waals surface area contributed by atoms with E-state index in [9.17, 15) is 87.5 Å². The van der Waals surface area contributed by atoms with E-state index in [1.54, 1.807) is 55.4 Å². The molecule has 97 heavy (non-hydrogen) atoms. The normalized spacial score (nSPS) is 27.7. The second kappa shape index (κ2) is 41.0. The van der Waals surface area contributed by atoms with Crippen LogP contribution in [0.4, 0.5) is 0 Å². The molecule has 552 valence electrons. The van der Waals surface area contributed by atoms with Crippen LogP contribution in [0.1, 0.15) is 187 Å². The highest BCUT2D eigenvalue weighted by Crippen LogP contribution is 2.23. The van der Waals surface area contributed by atoms with Crippen molar-refractivity contribution in [1.82, 2.24) is 63.0 Å². The Balaban J connectivity index is 2.95. The lowest BCUT2D eigenvalue weighted by atomic mass is 9.95. The van der Waals surface area contributed by atoms with Crippen LogP contribution in [0.2, 0.25) is 0 Å². The summed E-state index contributed by atoms with van der Waals surface area (Å²) in [5.74, 6) is -17.3. The zero-order valence-electron chi connectivity index (χ0n) is 59.3. The summed E-state index contributed by atoms with van der Waals surface area (Å²) in [6.45, 7) is 21.5. The maximum absolute atomic E-state index is 14.7. The topological polar surface area (TPSA) is 499 Å². The van der Waals surface area contributed by atoms with Crippen LogP contribution in [-0.4, -0.2) is 223 Å². The van der Waals surface area contributed by atoms with Crippen molar-refractivity contribution in [2.24, 2.45) is 41.1 Å². The van der Waals surface area contributed by atoms with E-state index in [-0.39, 0.29) is 44.6 Å². The third-order valence-corrected chi connectivity index (χ3v) is 17.5. The first kappa shape index (κ1) is 85.5. The van der Waals surface area contributed by atoms with Crippen LogP contribution >= 0.6 is 0 Å². The fourth-order valence-electron chi connectivity index (χ4n) is 11.4. The number of hydrogen-bond acceptors (Lipinski definition) is 18. The molecule has 14 amide bonds. The molecule has 2 fully saturated rings. The Bertz CT molecular complexity index is 2710. The van der Waals surface area contributed by atoms with Crippen LogP contribution in [0.5, 0.6) is 0 Å². The highest BCUT2D eigenvalue weighted by atomic mass is 16.3. The lowest BCUT2D eigenvalue weighted by molar-refractivity contribution is -0.146. The summed E-state index contributed by atoms with van der Waals surface area (Å²) in [6.07, 6.45) is -4.43. The van der Waals surface area contributed by atoms with Crippen molar-refractivity contribution in [3.05, 3.63) is 0 Å². The van der Waals surface area contributed by atoms with Crippen molar-refractivity contribution in [2.75, 3.05) is 13.6 Å². The van der Waals surface area contributed by atoms with Gasteiger partial charge in [-0.25, -0.2) is 0 Å². The molecule has 0 aromatic rings. The number of aliphatic hydroxyl groups excluding tert-OH is 4. The molecule has 0 spiro atoms. The Kier molecular flexibility index (Phi) is 36.1. The largest absolute Gasteiger partial charge is 0.391 e. The summed E-state index contributed by atoms with van der Waals surface area (Å²) >= 11 is 0. The molecule has 2 heterocycles. The summed E-state index contributed by atoms with van der Waals surface area (Å²) in [5.41, 5.74) is 11.1. The molecule has 2 saturated heterocycles. The molecule has 18 N–H and O–H groups in total. The molecule has 0 radical (unpaired) electrons. The summed E-state index contributed by atoms with van der Waals surface area (Å²) in [6, 6.07) is -19.0. The van der Waals surface area contributed by atoms with Crippen LogP contribution in [-0.2, 0) is 67.1 Å². The second-order valence-electron chi connectivity index (χ2n) is 27.5. The van der Waals surface area contributed by atoms with Crippen LogP contribution < -0.4 is 64.6 Å². The van der Waals surface area contributed by atoms with Gasteiger partial charge in [0.05, 0.1) is 30.8 Å². The van der Waals surface area contributed by atoms with Crippen LogP contribution in [0.25, 0.3) is 0 Å². The third-order valence-electron chi connectivity index (χ3n) is 17.5. The number of nitrogens with two attached hydrogens (primary N) is 2. The van der Waals surface area contributed by atoms with Crippen molar-refractivity contribution >= 4 is 82.7 Å². The minimum atomic E-state index is -1.90. The predicted octanol–water partition coefficient (Wildman–Crippen LogP) is -2.88. The van der Waals surface area contributed by atoms with Gasteiger partial charge in [-0.2, -0.15) is 0 Å². The van der Waals surface area contributed by atoms with Gasteiger partial charge in [0.15, 0.2) is 0 Å². The van der Waals surface area contributed by atoms with E-state index in [4.69, 9.17) is 11.5 Å². The van der Waals surface area contributed by atoms with Gasteiger partial charge in [-0.15, -0.1) is 0 Å². The Morgan fingerprint density at radius 1 is 0.515 bits per heavy atom. The van der Waals surface area contributed by atoms with Gasteiger partial charge in [-0.05, 0) is 82.5 Å². The van der Waals surface area contributed by atoms with E-state index in [1.807, 2.05) is 6.92 Å². The standard InChI is InChI=1S/C65H114N14O18/c1-16-18-19-20-21-23-39-29-46(84)73-47(32(5)6)59(91)77-50(53(85)33(7)8)61(93)68-36(12)55(87)76-51(54(86)34(9)10)62(94)70-40(25-26-44(66)82)64(96)78(15)52(35(11)17-2)63(95)72-42(30-45(67)83)57(89)75-49(38(14)81)65(97)79-27-22-24-43(79)58(90)71-41(28-31(3)4)56(88)74-48(37(13)80)60(92)69-39/h31-43,47-54,80-81,85-86H,16-30H2,1-15H3,(H2,66,82)(H2,67,83)(H,68,93)(H,69,92)(H,70,94)(H,71,90)(H,72,95)(H,73,84)(H,74,88)(H,75,89)(H,76,87)(H,77,91)/t35-,36-,37+,38+,39+,40-,41+,42+,43-,47-,48-,49-,50+,51+,52-,53-,54-/m0/s1. The molecule has 2 aliphatic rings. The van der Waals surface area contributed by atoms with Gasteiger partial charge in [0, 0.05) is 32.5 Å². The number of nitrogens with zero attached hydrogens (tertiary/aromatic N) is 2.